The van der Waals surface area contributed by atoms with E-state index in [1.807, 2.05) is 0 Å². The minimum absolute atomic E-state index is 0.845. The molecule has 1 rings (SSSR count). The third kappa shape index (κ3) is 20.3. The number of rotatable bonds is 12. The fourth-order valence-electron chi connectivity index (χ4n) is 3.00. The standard InChI is InChI=1S/C14H29Cl.C6H12/c1-2-3-4-5-6-7-8-9-10-11-12-13-14-15;1-2-4-6-5-3-1/h2-14H2,1H3;1-6H2. The van der Waals surface area contributed by atoms with E-state index in [9.17, 15) is 0 Å². The van der Waals surface area contributed by atoms with Crippen molar-refractivity contribution in [1.29, 1.82) is 0 Å². The van der Waals surface area contributed by atoms with Gasteiger partial charge >= 0.3 is 0 Å². The molecule has 128 valence electrons. The van der Waals surface area contributed by atoms with Crippen molar-refractivity contribution >= 4 is 11.6 Å². The van der Waals surface area contributed by atoms with Crippen molar-refractivity contribution in [1.82, 2.24) is 0 Å². The van der Waals surface area contributed by atoms with Crippen molar-refractivity contribution in [2.75, 3.05) is 5.88 Å². The number of hydrogen-bond donors (Lipinski definition) is 0. The SMILES string of the molecule is C1CCCCC1.CCCCCCCCCCCCCCCl. The second-order valence-corrected chi connectivity index (χ2v) is 7.08. The molecule has 1 aliphatic rings. The molecule has 0 spiro atoms. The second-order valence-electron chi connectivity index (χ2n) is 6.70. The molecular weight excluding hydrogens is 276 g/mol. The summed E-state index contributed by atoms with van der Waals surface area (Å²) in [5.74, 6) is 0.845. The molecule has 0 aliphatic heterocycles. The summed E-state index contributed by atoms with van der Waals surface area (Å²) in [6, 6.07) is 0. The summed E-state index contributed by atoms with van der Waals surface area (Å²) in [5, 5.41) is 0. The Morgan fingerprint density at radius 1 is 0.476 bits per heavy atom. The minimum Gasteiger partial charge on any atom is -0.127 e. The molecule has 0 N–H and O–H groups in total. The largest absolute Gasteiger partial charge is 0.127 e. The molecule has 0 aromatic rings. The third-order valence-corrected chi connectivity index (χ3v) is 4.75. The zero-order chi connectivity index (χ0) is 15.4. The van der Waals surface area contributed by atoms with Crippen LogP contribution in [0.25, 0.3) is 0 Å². The van der Waals surface area contributed by atoms with Crippen LogP contribution in [0.4, 0.5) is 0 Å². The molecule has 0 saturated heterocycles. The van der Waals surface area contributed by atoms with Gasteiger partial charge in [0.05, 0.1) is 0 Å². The van der Waals surface area contributed by atoms with Gasteiger partial charge in [0.1, 0.15) is 0 Å². The average Bonchev–Trinajstić information content (AvgIpc) is 2.55. The van der Waals surface area contributed by atoms with Gasteiger partial charge in [-0.1, -0.05) is 116 Å². The number of hydrogen-bond acceptors (Lipinski definition) is 0. The van der Waals surface area contributed by atoms with Crippen LogP contribution in [0.1, 0.15) is 122 Å². The molecule has 0 aromatic carbocycles. The molecule has 1 saturated carbocycles. The van der Waals surface area contributed by atoms with Crippen molar-refractivity contribution in [3.63, 3.8) is 0 Å². The molecular formula is C20H41Cl. The van der Waals surface area contributed by atoms with Crippen LogP contribution >= 0.6 is 11.6 Å². The van der Waals surface area contributed by atoms with Gasteiger partial charge in [0.2, 0.25) is 0 Å². The van der Waals surface area contributed by atoms with E-state index in [1.54, 1.807) is 0 Å². The highest BCUT2D eigenvalue weighted by atomic mass is 35.5. The molecule has 1 aliphatic carbocycles. The lowest BCUT2D eigenvalue weighted by Crippen LogP contribution is -1.85. The van der Waals surface area contributed by atoms with Gasteiger partial charge in [-0.05, 0) is 6.42 Å². The highest BCUT2D eigenvalue weighted by molar-refractivity contribution is 6.17. The lowest BCUT2D eigenvalue weighted by Gasteiger charge is -2.05. The fourth-order valence-corrected chi connectivity index (χ4v) is 3.19. The molecule has 1 fully saturated rings. The number of halogens is 1. The monoisotopic (exact) mass is 316 g/mol. The molecule has 0 aromatic heterocycles. The molecule has 0 amide bonds. The Kier molecular flexibility index (Phi) is 20.6. The first kappa shape index (κ1) is 21.3. The van der Waals surface area contributed by atoms with E-state index in [0.717, 1.165) is 5.88 Å². The Hall–Kier alpha value is 0.290. The van der Waals surface area contributed by atoms with E-state index in [-0.39, 0.29) is 0 Å². The van der Waals surface area contributed by atoms with Crippen LogP contribution < -0.4 is 0 Å². The maximum absolute atomic E-state index is 5.62. The summed E-state index contributed by atoms with van der Waals surface area (Å²) in [6.07, 6.45) is 25.9. The van der Waals surface area contributed by atoms with Crippen LogP contribution in [-0.2, 0) is 0 Å². The Bertz CT molecular complexity index is 140. The van der Waals surface area contributed by atoms with E-state index in [0.29, 0.717) is 0 Å². The highest BCUT2D eigenvalue weighted by Gasteiger charge is 1.95. The van der Waals surface area contributed by atoms with Crippen LogP contribution in [0.15, 0.2) is 0 Å². The van der Waals surface area contributed by atoms with Crippen LogP contribution in [0, 0.1) is 0 Å². The average molecular weight is 317 g/mol. The quantitative estimate of drug-likeness (QED) is 0.251. The first-order valence-corrected chi connectivity index (χ1v) is 10.5. The van der Waals surface area contributed by atoms with Crippen molar-refractivity contribution in [3.8, 4) is 0 Å². The summed E-state index contributed by atoms with van der Waals surface area (Å²) in [4.78, 5) is 0. The molecule has 0 bridgehead atoms. The molecule has 0 heterocycles. The Labute approximate surface area is 140 Å². The van der Waals surface area contributed by atoms with E-state index in [1.165, 1.54) is 116 Å². The smallest absolute Gasteiger partial charge is 0.0223 e. The van der Waals surface area contributed by atoms with Gasteiger partial charge in [0.15, 0.2) is 0 Å². The maximum atomic E-state index is 5.62. The summed E-state index contributed by atoms with van der Waals surface area (Å²) < 4.78 is 0. The van der Waals surface area contributed by atoms with Gasteiger partial charge < -0.3 is 0 Å². The third-order valence-electron chi connectivity index (χ3n) is 4.49. The van der Waals surface area contributed by atoms with Crippen molar-refractivity contribution in [2.24, 2.45) is 0 Å². The van der Waals surface area contributed by atoms with E-state index < -0.39 is 0 Å². The number of alkyl halides is 1. The maximum Gasteiger partial charge on any atom is 0.0223 e. The van der Waals surface area contributed by atoms with Crippen molar-refractivity contribution in [2.45, 2.75) is 122 Å². The lowest BCUT2D eigenvalue weighted by molar-refractivity contribution is 0.504. The zero-order valence-electron chi connectivity index (χ0n) is 14.8. The zero-order valence-corrected chi connectivity index (χ0v) is 15.6. The van der Waals surface area contributed by atoms with Crippen molar-refractivity contribution in [3.05, 3.63) is 0 Å². The van der Waals surface area contributed by atoms with E-state index >= 15 is 0 Å². The van der Waals surface area contributed by atoms with Crippen LogP contribution in [0.5, 0.6) is 0 Å². The van der Waals surface area contributed by atoms with E-state index in [4.69, 9.17) is 11.6 Å². The predicted octanol–water partition coefficient (Wildman–Crippen LogP) is 8.27. The first-order chi connectivity index (χ1) is 10.4. The summed E-state index contributed by atoms with van der Waals surface area (Å²) >= 11 is 5.62. The summed E-state index contributed by atoms with van der Waals surface area (Å²) in [7, 11) is 0. The van der Waals surface area contributed by atoms with Crippen LogP contribution in [0.3, 0.4) is 0 Å². The molecule has 1 heteroatoms. The van der Waals surface area contributed by atoms with Crippen LogP contribution in [0.2, 0.25) is 0 Å². The number of unbranched alkanes of at least 4 members (excludes halogenated alkanes) is 11. The lowest BCUT2D eigenvalue weighted by atomic mass is 10.0. The van der Waals surface area contributed by atoms with Gasteiger partial charge in [-0.15, -0.1) is 11.6 Å². The molecule has 0 unspecified atom stereocenters. The highest BCUT2D eigenvalue weighted by Crippen LogP contribution is 2.15. The molecule has 0 atom stereocenters. The van der Waals surface area contributed by atoms with Gasteiger partial charge in [0, 0.05) is 5.88 Å². The van der Waals surface area contributed by atoms with E-state index in [2.05, 4.69) is 6.92 Å². The first-order valence-electron chi connectivity index (χ1n) is 9.97. The van der Waals surface area contributed by atoms with Gasteiger partial charge in [-0.2, -0.15) is 0 Å². The van der Waals surface area contributed by atoms with Crippen LogP contribution in [-0.4, -0.2) is 5.88 Å². The topological polar surface area (TPSA) is 0 Å². The fraction of sp³-hybridized carbons (Fsp3) is 1.00. The van der Waals surface area contributed by atoms with Gasteiger partial charge in [-0.25, -0.2) is 0 Å². The second kappa shape index (κ2) is 20.3. The Morgan fingerprint density at radius 3 is 1.05 bits per heavy atom. The molecule has 0 radical (unpaired) electrons. The Morgan fingerprint density at radius 2 is 0.762 bits per heavy atom. The van der Waals surface area contributed by atoms with Gasteiger partial charge in [0.25, 0.3) is 0 Å². The van der Waals surface area contributed by atoms with Crippen molar-refractivity contribution < 1.29 is 0 Å². The Balaban J connectivity index is 0.000000547. The minimum atomic E-state index is 0.845. The normalized spacial score (nSPS) is 14.6. The molecule has 21 heavy (non-hydrogen) atoms. The summed E-state index contributed by atoms with van der Waals surface area (Å²) in [6.45, 7) is 2.28. The summed E-state index contributed by atoms with van der Waals surface area (Å²) in [5.41, 5.74) is 0. The van der Waals surface area contributed by atoms with Gasteiger partial charge in [-0.3, -0.25) is 0 Å². The molecule has 0 nitrogen and oxygen atoms in total. The predicted molar refractivity (Wildman–Crippen MR) is 99.5 cm³/mol.